The van der Waals surface area contributed by atoms with Gasteiger partial charge in [0, 0.05) is 46.4 Å². The molecule has 4 rings (SSSR count). The van der Waals surface area contributed by atoms with Crippen LogP contribution in [0, 0.1) is 27.7 Å². The molecule has 0 amide bonds. The Balaban J connectivity index is 0.000000427. The molecular formula is C44H80N8O8S4. The minimum Gasteiger partial charge on any atom is -0.364 e. The topological polar surface area (TPSA) is 221 Å². The zero-order valence-corrected chi connectivity index (χ0v) is 45.4. The van der Waals surface area contributed by atoms with Gasteiger partial charge >= 0.3 is 0 Å². The number of hydrogen-bond acceptors (Lipinski definition) is 12. The predicted octanol–water partition coefficient (Wildman–Crippen LogP) is 9.94. The second kappa shape index (κ2) is 26.6. The van der Waals surface area contributed by atoms with Gasteiger partial charge in [0.25, 0.3) is 0 Å². The van der Waals surface area contributed by atoms with Crippen LogP contribution in [0.15, 0.2) is 43.1 Å². The van der Waals surface area contributed by atoms with Gasteiger partial charge in [-0.1, -0.05) is 48.3 Å². The first kappa shape index (κ1) is 59.3. The van der Waals surface area contributed by atoms with E-state index in [1.165, 1.54) is 0 Å². The molecule has 8 atom stereocenters. The average molecular weight is 977 g/mol. The molecule has 0 saturated carbocycles. The molecule has 64 heavy (non-hydrogen) atoms. The fourth-order valence-electron chi connectivity index (χ4n) is 5.23. The molecule has 0 aliphatic rings. The Morgan fingerprint density at radius 3 is 0.641 bits per heavy atom. The molecule has 4 N–H and O–H groups in total. The van der Waals surface area contributed by atoms with E-state index >= 15 is 0 Å². The molecule has 0 radical (unpaired) electrons. The molecule has 368 valence electrons. The van der Waals surface area contributed by atoms with E-state index < -0.39 is 43.9 Å². The second-order valence-electron chi connectivity index (χ2n) is 19.3. The first-order valence-corrected chi connectivity index (χ1v) is 26.4. The van der Waals surface area contributed by atoms with Gasteiger partial charge in [0.15, 0.2) is 0 Å². The molecule has 4 aromatic rings. The lowest BCUT2D eigenvalue weighted by molar-refractivity contribution is 0.413. The van der Waals surface area contributed by atoms with Crippen LogP contribution in [0.1, 0.15) is 206 Å². The summed E-state index contributed by atoms with van der Waals surface area (Å²) < 4.78 is 79.0. The van der Waals surface area contributed by atoms with Crippen LogP contribution < -0.4 is 18.9 Å². The molecule has 4 heterocycles. The quantitative estimate of drug-likeness (QED) is 0.0824. The summed E-state index contributed by atoms with van der Waals surface area (Å²) in [5, 5.41) is 15.4. The Bertz CT molecular complexity index is 1760. The minimum absolute atomic E-state index is 0.0336. The van der Waals surface area contributed by atoms with Gasteiger partial charge in [0.1, 0.15) is 25.1 Å². The number of rotatable bonds is 16. The summed E-state index contributed by atoms with van der Waals surface area (Å²) in [7, 11) is -4.32. The van der Waals surface area contributed by atoms with Crippen molar-refractivity contribution >= 4 is 43.9 Å². The molecular weight excluding hydrogens is 897 g/mol. The van der Waals surface area contributed by atoms with Gasteiger partial charge in [-0.15, -0.1) is 0 Å². The van der Waals surface area contributed by atoms with Crippen molar-refractivity contribution in [2.75, 3.05) is 0 Å². The van der Waals surface area contributed by atoms with E-state index in [-0.39, 0.29) is 43.2 Å². The van der Waals surface area contributed by atoms with Crippen molar-refractivity contribution in [1.29, 1.82) is 0 Å². The maximum absolute atomic E-state index is 12.0. The number of aromatic nitrogens is 4. The third-order valence-electron chi connectivity index (χ3n) is 9.50. The van der Waals surface area contributed by atoms with E-state index in [9.17, 15) is 16.8 Å². The van der Waals surface area contributed by atoms with Crippen molar-refractivity contribution in [3.05, 3.63) is 70.1 Å². The third-order valence-corrected chi connectivity index (χ3v) is 15.9. The maximum Gasteiger partial charge on any atom is 0.128 e. The van der Waals surface area contributed by atoms with Crippen LogP contribution in [0.2, 0.25) is 0 Å². The summed E-state index contributed by atoms with van der Waals surface area (Å²) in [5.41, 5.74) is 7.35. The summed E-state index contributed by atoms with van der Waals surface area (Å²) in [6, 6.07) is 0.134. The van der Waals surface area contributed by atoms with Crippen LogP contribution in [0.4, 0.5) is 0 Å². The second-order valence-corrected chi connectivity index (χ2v) is 27.3. The van der Waals surface area contributed by atoms with Crippen molar-refractivity contribution in [1.82, 2.24) is 39.5 Å². The van der Waals surface area contributed by atoms with Crippen molar-refractivity contribution in [2.45, 2.75) is 207 Å². The minimum atomic E-state index is -1.08. The van der Waals surface area contributed by atoms with Crippen molar-refractivity contribution in [3.63, 3.8) is 0 Å². The maximum atomic E-state index is 12.0. The molecule has 0 saturated heterocycles. The largest absolute Gasteiger partial charge is 0.364 e. The fourth-order valence-corrected chi connectivity index (χ4v) is 8.85. The summed E-state index contributed by atoms with van der Waals surface area (Å²) in [6.45, 7) is 39.1. The average Bonchev–Trinajstić information content (AvgIpc) is 4.02. The van der Waals surface area contributed by atoms with Crippen LogP contribution in [-0.4, -0.2) is 56.5 Å². The molecule has 20 heteroatoms. The van der Waals surface area contributed by atoms with E-state index in [0.29, 0.717) is 0 Å². The smallest absolute Gasteiger partial charge is 0.128 e. The van der Waals surface area contributed by atoms with E-state index in [0.717, 1.165) is 70.7 Å². The van der Waals surface area contributed by atoms with Crippen LogP contribution in [0.25, 0.3) is 0 Å². The molecule has 0 spiro atoms. The first-order chi connectivity index (χ1) is 29.4. The van der Waals surface area contributed by atoms with Gasteiger partial charge in [-0.05, 0) is 136 Å². The predicted molar refractivity (Wildman–Crippen MR) is 261 cm³/mol. The van der Waals surface area contributed by atoms with Crippen LogP contribution in [0.5, 0.6) is 0 Å². The van der Waals surface area contributed by atoms with Crippen molar-refractivity contribution < 1.29 is 34.9 Å². The van der Waals surface area contributed by atoms with Crippen LogP contribution in [-0.2, 0) is 43.9 Å². The lowest BCUT2D eigenvalue weighted by atomic mass is 10.1. The lowest BCUT2D eigenvalue weighted by Crippen LogP contribution is -2.35. The highest BCUT2D eigenvalue weighted by Crippen LogP contribution is 2.26. The van der Waals surface area contributed by atoms with E-state index in [1.807, 2.05) is 138 Å². The first-order valence-electron chi connectivity index (χ1n) is 21.8. The molecule has 0 fully saturated rings. The fraction of sp³-hybridized carbons (Fsp3) is 0.727. The molecule has 0 bridgehead atoms. The zero-order valence-electron chi connectivity index (χ0n) is 42.1. The van der Waals surface area contributed by atoms with E-state index in [2.05, 4.69) is 39.5 Å². The summed E-state index contributed by atoms with van der Waals surface area (Å²) in [6.07, 6.45) is 9.89. The highest BCUT2D eigenvalue weighted by Gasteiger charge is 2.28. The third kappa shape index (κ3) is 19.6. The Kier molecular flexibility index (Phi) is 24.6. The van der Waals surface area contributed by atoms with Gasteiger partial charge in [-0.2, -0.15) is 0 Å². The van der Waals surface area contributed by atoms with Crippen molar-refractivity contribution in [2.24, 2.45) is 0 Å². The van der Waals surface area contributed by atoms with Gasteiger partial charge in [0.2, 0.25) is 0 Å². The van der Waals surface area contributed by atoms with Crippen molar-refractivity contribution in [3.8, 4) is 0 Å². The molecule has 16 nitrogen and oxygen atoms in total. The van der Waals surface area contributed by atoms with Crippen LogP contribution in [0.3, 0.4) is 0 Å². The number of aryl methyl sites for hydroxylation is 4. The molecule has 4 aromatic heterocycles. The van der Waals surface area contributed by atoms with E-state index in [1.54, 1.807) is 25.1 Å². The van der Waals surface area contributed by atoms with Gasteiger partial charge in [-0.3, -0.25) is 0 Å². The van der Waals surface area contributed by atoms with Gasteiger partial charge < -0.3 is 18.1 Å². The standard InChI is InChI=1S/4C11H20N2O2S/c4*1-6-10(9-7-15-12-8(9)2)13-16(14)11(3,4)5/h4*7,10,13H,6H2,1-5H3/t2*10-,16+;2*10-,16-/m1010/s1. The van der Waals surface area contributed by atoms with E-state index in [4.69, 9.17) is 18.1 Å². The molecule has 0 unspecified atom stereocenters. The Hall–Kier alpha value is -2.72. The Morgan fingerprint density at radius 1 is 0.391 bits per heavy atom. The summed E-state index contributed by atoms with van der Waals surface area (Å²) in [5.74, 6) is 0. The Labute approximate surface area is 393 Å². The zero-order chi connectivity index (χ0) is 49.4. The Morgan fingerprint density at radius 2 is 0.547 bits per heavy atom. The molecule has 0 aromatic carbocycles. The number of hydrogen-bond donors (Lipinski definition) is 4. The van der Waals surface area contributed by atoms with Gasteiger partial charge in [0.05, 0.1) is 85.7 Å². The lowest BCUT2D eigenvalue weighted by Gasteiger charge is -2.23. The van der Waals surface area contributed by atoms with Gasteiger partial charge in [-0.25, -0.2) is 35.7 Å². The molecule has 0 aliphatic carbocycles. The monoisotopic (exact) mass is 976 g/mol. The highest BCUT2D eigenvalue weighted by molar-refractivity contribution is 7.85. The number of nitrogens with one attached hydrogen (secondary N) is 4. The number of nitrogens with zero attached hydrogens (tertiary/aromatic N) is 4. The summed E-state index contributed by atoms with van der Waals surface area (Å²) in [4.78, 5) is 0. The highest BCUT2D eigenvalue weighted by atomic mass is 32.2. The normalized spacial score (nSPS) is 16.1. The van der Waals surface area contributed by atoms with Crippen LogP contribution >= 0.6 is 0 Å². The molecule has 0 aliphatic heterocycles. The summed E-state index contributed by atoms with van der Waals surface area (Å²) >= 11 is 0. The SMILES string of the molecule is CC[C@@H](N[S@@](=O)C(C)(C)C)c1conc1C.CC[C@@H](N[S@](=O)C(C)(C)C)c1conc1C.CC[C@H](N[S@@](=O)C(C)(C)C)c1conc1C.CC[C@H](N[S@](=O)C(C)(C)C)c1conc1C.